The molecule has 3 aromatic rings. The standard InChI is InChI=1S/C24H26FN2.HI/c1-3-27(4-2)24-13-9-20(10-14-24)5-6-21-15-17-26(18-16-21)19-22-7-11-23(25)12-8-22;/h5-18H,3-4,19H2,1-2H3;1H/q+1;/p-1. The molecule has 0 amide bonds. The number of aromatic nitrogens is 1. The molecule has 0 bridgehead atoms. The fourth-order valence-corrected chi connectivity index (χ4v) is 3.06. The van der Waals surface area contributed by atoms with Crippen LogP contribution in [0.3, 0.4) is 0 Å². The molecular formula is C24H26FIN2. The van der Waals surface area contributed by atoms with Crippen LogP contribution in [0.25, 0.3) is 12.2 Å². The van der Waals surface area contributed by atoms with Crippen molar-refractivity contribution < 1.29 is 32.9 Å². The average molecular weight is 488 g/mol. The molecule has 0 unspecified atom stereocenters. The minimum atomic E-state index is -0.200. The summed E-state index contributed by atoms with van der Waals surface area (Å²) >= 11 is 0. The van der Waals surface area contributed by atoms with Crippen molar-refractivity contribution in [1.82, 2.24) is 0 Å². The first-order valence-electron chi connectivity index (χ1n) is 9.44. The molecule has 0 aliphatic rings. The van der Waals surface area contributed by atoms with E-state index in [1.807, 2.05) is 24.5 Å². The Morgan fingerprint density at radius 2 is 1.32 bits per heavy atom. The molecule has 28 heavy (non-hydrogen) atoms. The van der Waals surface area contributed by atoms with Crippen molar-refractivity contribution in [2.45, 2.75) is 20.4 Å². The Balaban J connectivity index is 0.00000280. The maximum atomic E-state index is 13.0. The molecule has 0 atom stereocenters. The summed E-state index contributed by atoms with van der Waals surface area (Å²) in [6.07, 6.45) is 8.35. The second-order valence-electron chi connectivity index (χ2n) is 6.53. The van der Waals surface area contributed by atoms with Crippen LogP contribution in [-0.2, 0) is 6.54 Å². The highest BCUT2D eigenvalue weighted by atomic mass is 127. The normalized spacial score (nSPS) is 10.7. The molecule has 0 saturated heterocycles. The Bertz CT molecular complexity index is 868. The zero-order chi connectivity index (χ0) is 19.1. The van der Waals surface area contributed by atoms with Crippen molar-refractivity contribution in [3.8, 4) is 0 Å². The van der Waals surface area contributed by atoms with Gasteiger partial charge in [-0.05, 0) is 61.4 Å². The third-order valence-electron chi connectivity index (χ3n) is 4.69. The molecule has 0 saturated carbocycles. The molecule has 1 heterocycles. The van der Waals surface area contributed by atoms with E-state index in [9.17, 15) is 4.39 Å². The van der Waals surface area contributed by atoms with Gasteiger partial charge < -0.3 is 28.9 Å². The van der Waals surface area contributed by atoms with Crippen LogP contribution in [-0.4, -0.2) is 13.1 Å². The van der Waals surface area contributed by atoms with Gasteiger partial charge in [-0.15, -0.1) is 0 Å². The number of rotatable bonds is 7. The van der Waals surface area contributed by atoms with E-state index in [0.29, 0.717) is 0 Å². The molecule has 4 heteroatoms. The Kier molecular flexibility index (Phi) is 8.64. The van der Waals surface area contributed by atoms with Crippen molar-refractivity contribution in [2.75, 3.05) is 18.0 Å². The molecule has 0 spiro atoms. The molecule has 0 radical (unpaired) electrons. The molecule has 2 aromatic carbocycles. The number of pyridine rings is 1. The molecule has 2 nitrogen and oxygen atoms in total. The quantitative estimate of drug-likeness (QED) is 0.366. The Hall–Kier alpha value is -2.21. The lowest BCUT2D eigenvalue weighted by Gasteiger charge is -2.20. The van der Waals surface area contributed by atoms with E-state index in [1.54, 1.807) is 0 Å². The number of hydrogen-bond acceptors (Lipinski definition) is 1. The number of nitrogens with zero attached hydrogens (tertiary/aromatic N) is 2. The Morgan fingerprint density at radius 1 is 0.786 bits per heavy atom. The van der Waals surface area contributed by atoms with Crippen LogP contribution in [0, 0.1) is 5.82 Å². The van der Waals surface area contributed by atoms with E-state index in [1.165, 1.54) is 23.4 Å². The van der Waals surface area contributed by atoms with Crippen molar-refractivity contribution in [1.29, 1.82) is 0 Å². The Morgan fingerprint density at radius 3 is 1.86 bits per heavy atom. The summed E-state index contributed by atoms with van der Waals surface area (Å²) in [5, 5.41) is 0. The summed E-state index contributed by atoms with van der Waals surface area (Å²) in [4.78, 5) is 2.34. The third-order valence-corrected chi connectivity index (χ3v) is 4.69. The lowest BCUT2D eigenvalue weighted by atomic mass is 10.1. The SMILES string of the molecule is CCN(CC)c1ccc(/C=C/c2cc[n+](Cc3ccc(F)cc3)cc2)cc1.[I-]. The van der Waals surface area contributed by atoms with Crippen molar-refractivity contribution in [2.24, 2.45) is 0 Å². The van der Waals surface area contributed by atoms with E-state index in [0.717, 1.165) is 30.8 Å². The van der Waals surface area contributed by atoms with E-state index < -0.39 is 0 Å². The topological polar surface area (TPSA) is 7.12 Å². The molecule has 0 aliphatic heterocycles. The third kappa shape index (κ3) is 6.16. The lowest BCUT2D eigenvalue weighted by molar-refractivity contribution is -0.688. The molecular weight excluding hydrogens is 462 g/mol. The molecule has 146 valence electrons. The summed E-state index contributed by atoms with van der Waals surface area (Å²) in [6, 6.07) is 19.5. The van der Waals surface area contributed by atoms with Crippen molar-refractivity contribution >= 4 is 17.8 Å². The largest absolute Gasteiger partial charge is 1.00 e. The average Bonchev–Trinajstić information content (AvgIpc) is 2.71. The summed E-state index contributed by atoms with van der Waals surface area (Å²) in [6.45, 7) is 7.13. The van der Waals surface area contributed by atoms with Gasteiger partial charge in [0.1, 0.15) is 5.82 Å². The number of hydrogen-bond donors (Lipinski definition) is 0. The maximum absolute atomic E-state index is 13.0. The highest BCUT2D eigenvalue weighted by Gasteiger charge is 2.03. The highest BCUT2D eigenvalue weighted by Crippen LogP contribution is 2.16. The molecule has 0 aliphatic carbocycles. The Labute approximate surface area is 184 Å². The van der Waals surface area contributed by atoms with Gasteiger partial charge in [-0.25, -0.2) is 8.96 Å². The van der Waals surface area contributed by atoms with Crippen LogP contribution in [0.15, 0.2) is 73.1 Å². The molecule has 1 aromatic heterocycles. The summed E-state index contributed by atoms with van der Waals surface area (Å²) in [7, 11) is 0. The first-order chi connectivity index (χ1) is 13.2. The molecule has 0 N–H and O–H groups in total. The highest BCUT2D eigenvalue weighted by molar-refractivity contribution is 5.70. The van der Waals surface area contributed by atoms with Gasteiger partial charge in [0.15, 0.2) is 18.9 Å². The van der Waals surface area contributed by atoms with Gasteiger partial charge in [-0.2, -0.15) is 0 Å². The monoisotopic (exact) mass is 488 g/mol. The van der Waals surface area contributed by atoms with E-state index in [-0.39, 0.29) is 29.8 Å². The van der Waals surface area contributed by atoms with Crippen molar-refractivity contribution in [3.63, 3.8) is 0 Å². The van der Waals surface area contributed by atoms with Crippen LogP contribution in [0.2, 0.25) is 0 Å². The summed E-state index contributed by atoms with van der Waals surface area (Å²) in [5.41, 5.74) is 4.68. The van der Waals surface area contributed by atoms with Crippen LogP contribution >= 0.6 is 0 Å². The van der Waals surface area contributed by atoms with Gasteiger partial charge in [-0.1, -0.05) is 24.3 Å². The minimum absolute atomic E-state index is 0. The predicted molar refractivity (Wildman–Crippen MR) is 111 cm³/mol. The number of benzene rings is 2. The van der Waals surface area contributed by atoms with Crippen LogP contribution in [0.1, 0.15) is 30.5 Å². The number of halogens is 2. The number of anilines is 1. The summed E-state index contributed by atoms with van der Waals surface area (Å²) < 4.78 is 15.1. The van der Waals surface area contributed by atoms with Crippen molar-refractivity contribution in [3.05, 3.63) is 95.6 Å². The zero-order valence-electron chi connectivity index (χ0n) is 16.4. The minimum Gasteiger partial charge on any atom is -1.00 e. The van der Waals surface area contributed by atoms with E-state index >= 15 is 0 Å². The molecule has 0 fully saturated rings. The van der Waals surface area contributed by atoms with E-state index in [2.05, 4.69) is 71.9 Å². The lowest BCUT2D eigenvalue weighted by Crippen LogP contribution is -3.00. The fourth-order valence-electron chi connectivity index (χ4n) is 3.06. The predicted octanol–water partition coefficient (Wildman–Crippen LogP) is 2.18. The first kappa shape index (κ1) is 22.1. The van der Waals surface area contributed by atoms with Crippen LogP contribution in [0.5, 0.6) is 0 Å². The van der Waals surface area contributed by atoms with Gasteiger partial charge in [0.05, 0.1) is 0 Å². The zero-order valence-corrected chi connectivity index (χ0v) is 18.5. The van der Waals surface area contributed by atoms with Crippen LogP contribution < -0.4 is 33.4 Å². The summed E-state index contributed by atoms with van der Waals surface area (Å²) in [5.74, 6) is -0.200. The van der Waals surface area contributed by atoms with Gasteiger partial charge in [0.2, 0.25) is 0 Å². The van der Waals surface area contributed by atoms with Gasteiger partial charge in [0, 0.05) is 36.5 Å². The van der Waals surface area contributed by atoms with Gasteiger partial charge in [0.25, 0.3) is 0 Å². The maximum Gasteiger partial charge on any atom is 0.173 e. The van der Waals surface area contributed by atoms with E-state index in [4.69, 9.17) is 0 Å². The first-order valence-corrected chi connectivity index (χ1v) is 9.44. The van der Waals surface area contributed by atoms with Gasteiger partial charge in [-0.3, -0.25) is 0 Å². The smallest absolute Gasteiger partial charge is 0.173 e. The fraction of sp³-hybridized carbons (Fsp3) is 0.208. The second kappa shape index (κ2) is 11.0. The van der Waals surface area contributed by atoms with Crippen LogP contribution in [0.4, 0.5) is 10.1 Å². The second-order valence-corrected chi connectivity index (χ2v) is 6.53. The van der Waals surface area contributed by atoms with Gasteiger partial charge >= 0.3 is 0 Å². The molecule has 3 rings (SSSR count).